The van der Waals surface area contributed by atoms with Crippen LogP contribution in [0.5, 0.6) is 0 Å². The van der Waals surface area contributed by atoms with E-state index in [0.717, 1.165) is 22.4 Å². The second kappa shape index (κ2) is 7.67. The van der Waals surface area contributed by atoms with Crippen LogP contribution < -0.4 is 16.0 Å². The Kier molecular flexibility index (Phi) is 5.07. The van der Waals surface area contributed by atoms with Gasteiger partial charge < -0.3 is 15.5 Å². The molecule has 0 radical (unpaired) electrons. The van der Waals surface area contributed by atoms with Crippen molar-refractivity contribution in [3.05, 3.63) is 64.7 Å². The third-order valence-electron chi connectivity index (χ3n) is 5.63. The standard InChI is InChI=1S/C22H24N4O3/c1-25(17-6-3-14(11-23)4-7-17)12-15-2-5-16-13-26(22(29)18(16)10-15)19-8-9-20(27)24-21(19)28/h2-7,10,19H,8-9,11-13,23H2,1H3,(H,24,27,28). The lowest BCUT2D eigenvalue weighted by atomic mass is 10.0. The maximum absolute atomic E-state index is 12.9. The van der Waals surface area contributed by atoms with E-state index in [2.05, 4.69) is 10.2 Å². The summed E-state index contributed by atoms with van der Waals surface area (Å²) in [5, 5.41) is 2.33. The molecule has 0 saturated carbocycles. The third kappa shape index (κ3) is 3.73. The maximum Gasteiger partial charge on any atom is 0.255 e. The summed E-state index contributed by atoms with van der Waals surface area (Å²) in [7, 11) is 2.00. The van der Waals surface area contributed by atoms with Crippen molar-refractivity contribution in [3.63, 3.8) is 0 Å². The van der Waals surface area contributed by atoms with Crippen molar-refractivity contribution in [1.29, 1.82) is 0 Å². The van der Waals surface area contributed by atoms with E-state index < -0.39 is 6.04 Å². The molecule has 2 aromatic rings. The van der Waals surface area contributed by atoms with Gasteiger partial charge in [-0.1, -0.05) is 24.3 Å². The first-order chi connectivity index (χ1) is 14.0. The van der Waals surface area contributed by atoms with Crippen LogP contribution in [0.4, 0.5) is 5.69 Å². The van der Waals surface area contributed by atoms with Gasteiger partial charge in [0.2, 0.25) is 11.8 Å². The predicted molar refractivity (Wildman–Crippen MR) is 109 cm³/mol. The van der Waals surface area contributed by atoms with Crippen LogP contribution in [0, 0.1) is 0 Å². The van der Waals surface area contributed by atoms with E-state index in [9.17, 15) is 14.4 Å². The quantitative estimate of drug-likeness (QED) is 0.753. The number of amides is 3. The Morgan fingerprint density at radius 2 is 1.83 bits per heavy atom. The Morgan fingerprint density at radius 3 is 2.52 bits per heavy atom. The molecule has 2 aliphatic rings. The van der Waals surface area contributed by atoms with Crippen LogP contribution in [-0.2, 0) is 29.2 Å². The van der Waals surface area contributed by atoms with Gasteiger partial charge in [-0.05, 0) is 41.3 Å². The highest BCUT2D eigenvalue weighted by molar-refractivity contribution is 6.05. The zero-order valence-corrected chi connectivity index (χ0v) is 16.4. The zero-order chi connectivity index (χ0) is 20.5. The van der Waals surface area contributed by atoms with Crippen molar-refractivity contribution >= 4 is 23.4 Å². The van der Waals surface area contributed by atoms with Crippen LogP contribution in [0.2, 0.25) is 0 Å². The molecule has 2 heterocycles. The third-order valence-corrected chi connectivity index (χ3v) is 5.63. The van der Waals surface area contributed by atoms with Crippen LogP contribution in [-0.4, -0.2) is 35.7 Å². The van der Waals surface area contributed by atoms with Crippen LogP contribution in [0.3, 0.4) is 0 Å². The van der Waals surface area contributed by atoms with Crippen molar-refractivity contribution in [2.24, 2.45) is 5.73 Å². The summed E-state index contributed by atoms with van der Waals surface area (Å²) in [6.07, 6.45) is 0.633. The monoisotopic (exact) mass is 392 g/mol. The van der Waals surface area contributed by atoms with E-state index in [-0.39, 0.29) is 24.1 Å². The molecule has 29 heavy (non-hydrogen) atoms. The maximum atomic E-state index is 12.9. The Labute approximate surface area is 169 Å². The molecule has 3 amide bonds. The lowest BCUT2D eigenvalue weighted by Crippen LogP contribution is -2.52. The van der Waals surface area contributed by atoms with Crippen molar-refractivity contribution in [1.82, 2.24) is 10.2 Å². The molecular weight excluding hydrogens is 368 g/mol. The van der Waals surface area contributed by atoms with Gasteiger partial charge in [-0.3, -0.25) is 19.7 Å². The molecule has 2 aliphatic heterocycles. The fourth-order valence-electron chi connectivity index (χ4n) is 3.95. The number of anilines is 1. The first kappa shape index (κ1) is 19.1. The number of carbonyl (C=O) groups is 3. The lowest BCUT2D eigenvalue weighted by molar-refractivity contribution is -0.136. The SMILES string of the molecule is CN(Cc1ccc2c(c1)C(=O)N(C1CCC(=O)NC1=O)C2)c1ccc(CN)cc1. The van der Waals surface area contributed by atoms with E-state index in [1.165, 1.54) is 0 Å². The number of hydrogen-bond donors (Lipinski definition) is 2. The number of benzene rings is 2. The molecule has 0 aliphatic carbocycles. The van der Waals surface area contributed by atoms with Gasteiger partial charge in [0.15, 0.2) is 0 Å². The highest BCUT2D eigenvalue weighted by Crippen LogP contribution is 2.29. The van der Waals surface area contributed by atoms with E-state index in [4.69, 9.17) is 5.73 Å². The van der Waals surface area contributed by atoms with E-state index >= 15 is 0 Å². The summed E-state index contributed by atoms with van der Waals surface area (Å²) in [5.41, 5.74) is 10.4. The number of fused-ring (bicyclic) bond motifs is 1. The molecule has 4 rings (SSSR count). The van der Waals surface area contributed by atoms with Crippen molar-refractivity contribution < 1.29 is 14.4 Å². The number of nitrogens with zero attached hydrogens (tertiary/aromatic N) is 2. The van der Waals surface area contributed by atoms with Crippen LogP contribution in [0.15, 0.2) is 42.5 Å². The Morgan fingerprint density at radius 1 is 1.10 bits per heavy atom. The highest BCUT2D eigenvalue weighted by atomic mass is 16.2. The van der Waals surface area contributed by atoms with Crippen LogP contribution >= 0.6 is 0 Å². The molecule has 0 bridgehead atoms. The van der Waals surface area contributed by atoms with E-state index in [1.807, 2.05) is 49.5 Å². The molecule has 0 aromatic heterocycles. The van der Waals surface area contributed by atoms with E-state index in [0.29, 0.717) is 31.6 Å². The summed E-state index contributed by atoms with van der Waals surface area (Å²) in [4.78, 5) is 40.2. The molecule has 7 nitrogen and oxygen atoms in total. The van der Waals surface area contributed by atoms with Crippen molar-refractivity contribution in [2.45, 2.75) is 38.5 Å². The number of hydrogen-bond acceptors (Lipinski definition) is 5. The summed E-state index contributed by atoms with van der Waals surface area (Å²) in [5.74, 6) is -0.810. The molecule has 0 spiro atoms. The van der Waals surface area contributed by atoms with Gasteiger partial charge in [0.05, 0.1) is 0 Å². The van der Waals surface area contributed by atoms with Crippen LogP contribution in [0.25, 0.3) is 0 Å². The second-order valence-corrected chi connectivity index (χ2v) is 7.62. The van der Waals surface area contributed by atoms with Gasteiger partial charge in [0.1, 0.15) is 6.04 Å². The topological polar surface area (TPSA) is 95.7 Å². The fourth-order valence-corrected chi connectivity index (χ4v) is 3.95. The van der Waals surface area contributed by atoms with Gasteiger partial charge in [-0.15, -0.1) is 0 Å². The number of nitrogens with one attached hydrogen (secondary N) is 1. The summed E-state index contributed by atoms with van der Waals surface area (Å²) < 4.78 is 0. The van der Waals surface area contributed by atoms with Crippen LogP contribution in [0.1, 0.15) is 39.9 Å². The van der Waals surface area contributed by atoms with Gasteiger partial charge in [0, 0.05) is 44.4 Å². The predicted octanol–water partition coefficient (Wildman–Crippen LogP) is 1.54. The number of nitrogens with two attached hydrogens (primary N) is 1. The first-order valence-corrected chi connectivity index (χ1v) is 9.73. The molecule has 1 unspecified atom stereocenters. The van der Waals surface area contributed by atoms with Gasteiger partial charge in [0.25, 0.3) is 5.91 Å². The smallest absolute Gasteiger partial charge is 0.255 e. The number of piperidine rings is 1. The molecule has 7 heteroatoms. The molecular formula is C22H24N4O3. The largest absolute Gasteiger partial charge is 0.370 e. The summed E-state index contributed by atoms with van der Waals surface area (Å²) in [6, 6.07) is 13.4. The Bertz CT molecular complexity index is 971. The molecule has 3 N–H and O–H groups in total. The Balaban J connectivity index is 1.49. The van der Waals surface area contributed by atoms with Gasteiger partial charge in [-0.25, -0.2) is 0 Å². The molecule has 1 fully saturated rings. The molecule has 150 valence electrons. The number of carbonyl (C=O) groups excluding carboxylic acids is 3. The minimum absolute atomic E-state index is 0.147. The average molecular weight is 392 g/mol. The first-order valence-electron chi connectivity index (χ1n) is 9.73. The normalized spacial score (nSPS) is 18.6. The zero-order valence-electron chi connectivity index (χ0n) is 16.4. The van der Waals surface area contributed by atoms with E-state index in [1.54, 1.807) is 4.90 Å². The van der Waals surface area contributed by atoms with Crippen molar-refractivity contribution in [3.8, 4) is 0 Å². The summed E-state index contributed by atoms with van der Waals surface area (Å²) in [6.45, 7) is 1.57. The molecule has 1 saturated heterocycles. The minimum Gasteiger partial charge on any atom is -0.370 e. The number of rotatable bonds is 5. The van der Waals surface area contributed by atoms with Gasteiger partial charge >= 0.3 is 0 Å². The summed E-state index contributed by atoms with van der Waals surface area (Å²) >= 11 is 0. The minimum atomic E-state index is -0.584. The molecule has 1 atom stereocenters. The second-order valence-electron chi connectivity index (χ2n) is 7.62. The molecule has 2 aromatic carbocycles. The Hall–Kier alpha value is -3.19. The van der Waals surface area contributed by atoms with Crippen molar-refractivity contribution in [2.75, 3.05) is 11.9 Å². The average Bonchev–Trinajstić information content (AvgIpc) is 3.04. The lowest BCUT2D eigenvalue weighted by Gasteiger charge is -2.29. The fraction of sp³-hybridized carbons (Fsp3) is 0.318. The van der Waals surface area contributed by atoms with Gasteiger partial charge in [-0.2, -0.15) is 0 Å². The number of imide groups is 1. The highest BCUT2D eigenvalue weighted by Gasteiger charge is 2.39.